The molecule has 1 saturated carbocycles. The summed E-state index contributed by atoms with van der Waals surface area (Å²) < 4.78 is 26.1. The first-order valence-electron chi connectivity index (χ1n) is 5.43. The normalized spacial score (nSPS) is 30.8. The molecule has 0 aliphatic heterocycles. The minimum Gasteiger partial charge on any atom is -0.392 e. The van der Waals surface area contributed by atoms with Gasteiger partial charge in [0.25, 0.3) is 0 Å². The predicted octanol–water partition coefficient (Wildman–Crippen LogP) is 0.940. The van der Waals surface area contributed by atoms with E-state index in [0.717, 1.165) is 0 Å². The van der Waals surface area contributed by atoms with Crippen LogP contribution in [0.25, 0.3) is 0 Å². The number of hydrogen-bond donors (Lipinski definition) is 2. The van der Waals surface area contributed by atoms with Crippen molar-refractivity contribution in [2.24, 2.45) is 11.3 Å². The largest absolute Gasteiger partial charge is 0.392 e. The van der Waals surface area contributed by atoms with E-state index in [1.165, 1.54) is 0 Å². The number of rotatable bonds is 5. The zero-order chi connectivity index (χ0) is 12.6. The molecule has 0 heterocycles. The van der Waals surface area contributed by atoms with Crippen molar-refractivity contribution in [2.75, 3.05) is 11.6 Å². The third-order valence-electron chi connectivity index (χ3n) is 3.31. The molecule has 3 unspecified atom stereocenters. The van der Waals surface area contributed by atoms with Gasteiger partial charge in [0.1, 0.15) is 0 Å². The first-order chi connectivity index (χ1) is 7.19. The summed E-state index contributed by atoms with van der Waals surface area (Å²) in [5, 5.41) is 9.52. The van der Waals surface area contributed by atoms with Crippen molar-refractivity contribution in [3.05, 3.63) is 0 Å². The van der Waals surface area contributed by atoms with Crippen molar-refractivity contribution in [3.63, 3.8) is 0 Å². The summed E-state index contributed by atoms with van der Waals surface area (Å²) in [6, 6.07) is -0.171. The summed E-state index contributed by atoms with van der Waals surface area (Å²) in [4.78, 5) is 0. The first-order valence-corrected chi connectivity index (χ1v) is 7.61. The summed E-state index contributed by atoms with van der Waals surface area (Å²) in [6.45, 7) is 5.52. The Morgan fingerprint density at radius 2 is 2.12 bits per heavy atom. The molecule has 2 N–H and O–H groups in total. The van der Waals surface area contributed by atoms with E-state index in [1.54, 1.807) is 6.92 Å². The molecule has 6 heteroatoms. The zero-order valence-electron chi connectivity index (χ0n) is 9.90. The number of alkyl halides is 1. The molecule has 1 rings (SSSR count). The quantitative estimate of drug-likeness (QED) is 0.730. The minimum absolute atomic E-state index is 0.0408. The molecule has 0 aromatic heterocycles. The van der Waals surface area contributed by atoms with E-state index in [2.05, 4.69) is 4.72 Å². The monoisotopic (exact) mass is 269 g/mol. The van der Waals surface area contributed by atoms with Gasteiger partial charge < -0.3 is 5.11 Å². The average Bonchev–Trinajstić information content (AvgIpc) is 2.16. The smallest absolute Gasteiger partial charge is 0.212 e. The van der Waals surface area contributed by atoms with Crippen molar-refractivity contribution in [3.8, 4) is 0 Å². The van der Waals surface area contributed by atoms with Gasteiger partial charge in [-0.2, -0.15) is 0 Å². The highest BCUT2D eigenvalue weighted by Crippen LogP contribution is 2.40. The molecule has 4 nitrogen and oxygen atoms in total. The molecule has 1 fully saturated rings. The minimum atomic E-state index is -3.29. The van der Waals surface area contributed by atoms with Crippen LogP contribution in [0.4, 0.5) is 0 Å². The lowest BCUT2D eigenvalue weighted by Crippen LogP contribution is -2.61. The Morgan fingerprint density at radius 3 is 2.50 bits per heavy atom. The van der Waals surface area contributed by atoms with Gasteiger partial charge in [-0.25, -0.2) is 13.1 Å². The van der Waals surface area contributed by atoms with E-state index in [0.29, 0.717) is 12.3 Å². The average molecular weight is 270 g/mol. The highest BCUT2D eigenvalue weighted by molar-refractivity contribution is 7.89. The standard InChI is InChI=1S/C10H20ClNO3S/c1-7(5-11)6-16(14,15)12-8-4-9(13)10(8,2)3/h7-9,12-13H,4-6H2,1-3H3. The highest BCUT2D eigenvalue weighted by atomic mass is 35.5. The van der Waals surface area contributed by atoms with Gasteiger partial charge in [-0.15, -0.1) is 11.6 Å². The van der Waals surface area contributed by atoms with Crippen LogP contribution in [0.15, 0.2) is 0 Å². The molecule has 16 heavy (non-hydrogen) atoms. The molecule has 0 aromatic rings. The zero-order valence-corrected chi connectivity index (χ0v) is 11.5. The Bertz CT molecular complexity index is 342. The Labute approximate surface area is 102 Å². The van der Waals surface area contributed by atoms with Crippen molar-refractivity contribution in [1.29, 1.82) is 0 Å². The first kappa shape index (κ1) is 14.2. The number of aliphatic hydroxyl groups is 1. The molecule has 0 spiro atoms. The second kappa shape index (κ2) is 4.80. The summed E-state index contributed by atoms with van der Waals surface area (Å²) in [5.41, 5.74) is -0.378. The van der Waals surface area contributed by atoms with Gasteiger partial charge in [0.15, 0.2) is 0 Å². The maximum Gasteiger partial charge on any atom is 0.212 e. The topological polar surface area (TPSA) is 66.4 Å². The molecule has 3 atom stereocenters. The van der Waals surface area contributed by atoms with E-state index >= 15 is 0 Å². The number of sulfonamides is 1. The van der Waals surface area contributed by atoms with Gasteiger partial charge in [0.2, 0.25) is 10.0 Å². The van der Waals surface area contributed by atoms with Gasteiger partial charge in [-0.3, -0.25) is 0 Å². The van der Waals surface area contributed by atoms with Crippen molar-refractivity contribution >= 4 is 21.6 Å². The number of hydrogen-bond acceptors (Lipinski definition) is 3. The van der Waals surface area contributed by atoms with Crippen LogP contribution in [-0.4, -0.2) is 37.3 Å². The number of nitrogens with one attached hydrogen (secondary N) is 1. The Kier molecular flexibility index (Phi) is 4.27. The van der Waals surface area contributed by atoms with Crippen LogP contribution in [0.1, 0.15) is 27.2 Å². The molecular weight excluding hydrogens is 250 g/mol. The van der Waals surface area contributed by atoms with Crippen molar-refractivity contribution in [1.82, 2.24) is 4.72 Å². The van der Waals surface area contributed by atoms with Crippen molar-refractivity contribution in [2.45, 2.75) is 39.3 Å². The lowest BCUT2D eigenvalue weighted by molar-refractivity contribution is -0.0645. The van der Waals surface area contributed by atoms with E-state index in [1.807, 2.05) is 13.8 Å². The van der Waals surface area contributed by atoms with Gasteiger partial charge in [0, 0.05) is 17.3 Å². The Balaban J connectivity index is 2.55. The molecule has 0 aromatic carbocycles. The third-order valence-corrected chi connectivity index (χ3v) is 5.48. The third kappa shape index (κ3) is 3.09. The lowest BCUT2D eigenvalue weighted by Gasteiger charge is -2.49. The van der Waals surface area contributed by atoms with Gasteiger partial charge >= 0.3 is 0 Å². The molecule has 0 saturated heterocycles. The van der Waals surface area contributed by atoms with Crippen molar-refractivity contribution < 1.29 is 13.5 Å². The second-order valence-electron chi connectivity index (χ2n) is 5.28. The molecule has 0 amide bonds. The molecular formula is C10H20ClNO3S. The van der Waals surface area contributed by atoms with E-state index < -0.39 is 16.1 Å². The van der Waals surface area contributed by atoms with E-state index in [9.17, 15) is 13.5 Å². The molecule has 1 aliphatic rings. The summed E-state index contributed by atoms with van der Waals surface area (Å²) >= 11 is 5.59. The van der Waals surface area contributed by atoms with Crippen LogP contribution in [0.2, 0.25) is 0 Å². The number of halogens is 1. The fourth-order valence-electron chi connectivity index (χ4n) is 1.79. The fourth-order valence-corrected chi connectivity index (χ4v) is 3.82. The lowest BCUT2D eigenvalue weighted by atomic mass is 9.65. The van der Waals surface area contributed by atoms with Crippen LogP contribution >= 0.6 is 11.6 Å². The van der Waals surface area contributed by atoms with Crippen LogP contribution in [0.5, 0.6) is 0 Å². The van der Waals surface area contributed by atoms with E-state index in [4.69, 9.17) is 11.6 Å². The van der Waals surface area contributed by atoms with Crippen LogP contribution in [-0.2, 0) is 10.0 Å². The number of aliphatic hydroxyl groups excluding tert-OH is 1. The SMILES string of the molecule is CC(CCl)CS(=O)(=O)NC1CC(O)C1(C)C. The van der Waals surface area contributed by atoms with Crippen LogP contribution < -0.4 is 4.72 Å². The highest BCUT2D eigenvalue weighted by Gasteiger charge is 2.48. The molecule has 1 aliphatic carbocycles. The van der Waals surface area contributed by atoms with Gasteiger partial charge in [-0.05, 0) is 12.3 Å². The molecule has 0 radical (unpaired) electrons. The second-order valence-corrected chi connectivity index (χ2v) is 7.39. The Morgan fingerprint density at radius 1 is 1.56 bits per heavy atom. The molecule has 0 bridgehead atoms. The maximum atomic E-state index is 11.7. The summed E-state index contributed by atoms with van der Waals surface area (Å²) in [6.07, 6.45) is 0.0623. The van der Waals surface area contributed by atoms with E-state index in [-0.39, 0.29) is 23.1 Å². The predicted molar refractivity (Wildman–Crippen MR) is 65.0 cm³/mol. The Hall–Kier alpha value is 0.160. The van der Waals surface area contributed by atoms with Gasteiger partial charge in [0.05, 0.1) is 11.9 Å². The summed E-state index contributed by atoms with van der Waals surface area (Å²) in [7, 11) is -3.29. The maximum absolute atomic E-state index is 11.7. The van der Waals surface area contributed by atoms with Crippen LogP contribution in [0, 0.1) is 11.3 Å². The van der Waals surface area contributed by atoms with Crippen LogP contribution in [0.3, 0.4) is 0 Å². The van der Waals surface area contributed by atoms with Gasteiger partial charge in [-0.1, -0.05) is 20.8 Å². The summed E-state index contributed by atoms with van der Waals surface area (Å²) in [5.74, 6) is 0.309. The molecule has 96 valence electrons. The fraction of sp³-hybridized carbons (Fsp3) is 1.00.